The molecule has 0 bridgehead atoms. The highest BCUT2D eigenvalue weighted by Crippen LogP contribution is 2.17. The van der Waals surface area contributed by atoms with Gasteiger partial charge in [-0.3, -0.25) is 9.59 Å². The van der Waals surface area contributed by atoms with Crippen LogP contribution in [0.15, 0.2) is 47.3 Å². The lowest BCUT2D eigenvalue weighted by Crippen LogP contribution is -2.23. The van der Waals surface area contributed by atoms with Crippen LogP contribution in [0, 0.1) is 6.92 Å². The summed E-state index contributed by atoms with van der Waals surface area (Å²) in [5.74, 6) is -0.521. The van der Waals surface area contributed by atoms with Crippen molar-refractivity contribution in [2.24, 2.45) is 0 Å². The first-order chi connectivity index (χ1) is 13.9. The van der Waals surface area contributed by atoms with Crippen LogP contribution in [0.25, 0.3) is 11.0 Å². The number of hydrogen-bond acceptors (Lipinski definition) is 6. The summed E-state index contributed by atoms with van der Waals surface area (Å²) in [6.07, 6.45) is 0. The molecule has 0 atom stereocenters. The molecule has 0 aliphatic heterocycles. The van der Waals surface area contributed by atoms with Gasteiger partial charge in [0.15, 0.2) is 6.61 Å². The van der Waals surface area contributed by atoms with E-state index in [0.29, 0.717) is 34.7 Å². The molecule has 0 saturated heterocycles. The number of nitrogens with zero attached hydrogens (tertiary/aromatic N) is 2. The highest BCUT2D eigenvalue weighted by Gasteiger charge is 2.14. The van der Waals surface area contributed by atoms with Crippen molar-refractivity contribution in [1.82, 2.24) is 9.55 Å². The van der Waals surface area contributed by atoms with Crippen molar-refractivity contribution in [1.29, 1.82) is 0 Å². The predicted molar refractivity (Wildman–Crippen MR) is 108 cm³/mol. The standard InChI is InChI=1S/C21H21N3O5/c1-4-24-18-9-8-14(10-17(18)22-13(2)20(24)26)21(27)29-12-19(25)23-15-6-5-7-16(11-15)28-3/h5-11H,4,12H2,1-3H3,(H,23,25). The first-order valence-corrected chi connectivity index (χ1v) is 9.05. The van der Waals surface area contributed by atoms with Crippen molar-refractivity contribution >= 4 is 28.6 Å². The number of hydrogen-bond donors (Lipinski definition) is 1. The van der Waals surface area contributed by atoms with Crippen LogP contribution in [0.2, 0.25) is 0 Å². The summed E-state index contributed by atoms with van der Waals surface area (Å²) in [5, 5.41) is 2.64. The van der Waals surface area contributed by atoms with Gasteiger partial charge in [-0.15, -0.1) is 0 Å². The second kappa shape index (κ2) is 8.55. The van der Waals surface area contributed by atoms with E-state index >= 15 is 0 Å². The first-order valence-electron chi connectivity index (χ1n) is 9.05. The number of methoxy groups -OCH3 is 1. The SMILES string of the molecule is CCn1c(=O)c(C)nc2cc(C(=O)OCC(=O)Nc3cccc(OC)c3)ccc21. The number of aromatic nitrogens is 2. The Bertz CT molecular complexity index is 1140. The molecule has 1 aromatic heterocycles. The number of aryl methyl sites for hydroxylation is 2. The third-order valence-electron chi connectivity index (χ3n) is 4.35. The molecule has 29 heavy (non-hydrogen) atoms. The minimum atomic E-state index is -0.651. The average Bonchev–Trinajstić information content (AvgIpc) is 2.72. The quantitative estimate of drug-likeness (QED) is 0.644. The molecule has 0 aliphatic rings. The second-order valence-corrected chi connectivity index (χ2v) is 6.31. The fourth-order valence-corrected chi connectivity index (χ4v) is 2.93. The molecule has 0 unspecified atom stereocenters. The number of benzene rings is 2. The van der Waals surface area contributed by atoms with Gasteiger partial charge in [-0.2, -0.15) is 0 Å². The number of nitrogens with one attached hydrogen (secondary N) is 1. The highest BCUT2D eigenvalue weighted by atomic mass is 16.5. The lowest BCUT2D eigenvalue weighted by molar-refractivity contribution is -0.119. The Kier molecular flexibility index (Phi) is 5.92. The van der Waals surface area contributed by atoms with Gasteiger partial charge in [0.1, 0.15) is 11.4 Å². The van der Waals surface area contributed by atoms with Crippen molar-refractivity contribution in [3.63, 3.8) is 0 Å². The number of fused-ring (bicyclic) bond motifs is 1. The molecule has 0 aliphatic carbocycles. The number of carbonyl (C=O) groups excluding carboxylic acids is 2. The fraction of sp³-hybridized carbons (Fsp3) is 0.238. The van der Waals surface area contributed by atoms with E-state index in [9.17, 15) is 14.4 Å². The van der Waals surface area contributed by atoms with Crippen molar-refractivity contribution in [3.05, 3.63) is 64.1 Å². The number of rotatable bonds is 6. The van der Waals surface area contributed by atoms with E-state index < -0.39 is 18.5 Å². The Morgan fingerprint density at radius 1 is 1.17 bits per heavy atom. The van der Waals surface area contributed by atoms with Gasteiger partial charge in [-0.1, -0.05) is 6.07 Å². The third kappa shape index (κ3) is 4.43. The first kappa shape index (κ1) is 20.1. The van der Waals surface area contributed by atoms with Gasteiger partial charge in [0, 0.05) is 18.3 Å². The minimum Gasteiger partial charge on any atom is -0.497 e. The molecule has 3 rings (SSSR count). The second-order valence-electron chi connectivity index (χ2n) is 6.31. The van der Waals surface area contributed by atoms with Crippen molar-refractivity contribution in [2.75, 3.05) is 19.0 Å². The monoisotopic (exact) mass is 395 g/mol. The number of anilines is 1. The van der Waals surface area contributed by atoms with Crippen LogP contribution in [0.4, 0.5) is 5.69 Å². The average molecular weight is 395 g/mol. The number of amides is 1. The molecule has 150 valence electrons. The van der Waals surface area contributed by atoms with Gasteiger partial charge in [-0.25, -0.2) is 9.78 Å². The maximum absolute atomic E-state index is 12.3. The Morgan fingerprint density at radius 3 is 2.69 bits per heavy atom. The van der Waals surface area contributed by atoms with Gasteiger partial charge >= 0.3 is 5.97 Å². The van der Waals surface area contributed by atoms with Gasteiger partial charge in [-0.05, 0) is 44.2 Å². The Balaban J connectivity index is 1.70. The molecule has 2 aromatic carbocycles. The van der Waals surface area contributed by atoms with Crippen molar-refractivity contribution in [2.45, 2.75) is 20.4 Å². The van der Waals surface area contributed by atoms with Crippen molar-refractivity contribution in [3.8, 4) is 5.75 Å². The van der Waals surface area contributed by atoms with Crippen LogP contribution in [0.5, 0.6) is 5.75 Å². The van der Waals surface area contributed by atoms with Crippen LogP contribution in [-0.4, -0.2) is 35.1 Å². The molecule has 0 fully saturated rings. The number of carbonyl (C=O) groups is 2. The van der Waals surface area contributed by atoms with Gasteiger partial charge in [0.05, 0.1) is 23.7 Å². The molecule has 0 radical (unpaired) electrons. The van der Waals surface area contributed by atoms with Crippen LogP contribution in [0.3, 0.4) is 0 Å². The summed E-state index contributed by atoms with van der Waals surface area (Å²) < 4.78 is 11.8. The smallest absolute Gasteiger partial charge is 0.338 e. The minimum absolute atomic E-state index is 0.162. The largest absolute Gasteiger partial charge is 0.497 e. The maximum atomic E-state index is 12.3. The zero-order chi connectivity index (χ0) is 21.0. The van der Waals surface area contributed by atoms with Gasteiger partial charge < -0.3 is 19.4 Å². The summed E-state index contributed by atoms with van der Waals surface area (Å²) in [6, 6.07) is 11.6. The van der Waals surface area contributed by atoms with Crippen molar-refractivity contribution < 1.29 is 19.1 Å². The summed E-state index contributed by atoms with van der Waals surface area (Å²) in [4.78, 5) is 40.8. The molecule has 1 heterocycles. The zero-order valence-corrected chi connectivity index (χ0v) is 16.4. The predicted octanol–water partition coefficient (Wildman–Crippen LogP) is 2.53. The maximum Gasteiger partial charge on any atom is 0.338 e. The molecule has 3 aromatic rings. The molecule has 8 nitrogen and oxygen atoms in total. The van der Waals surface area contributed by atoms with E-state index in [0.717, 1.165) is 0 Å². The Hall–Kier alpha value is -3.68. The lowest BCUT2D eigenvalue weighted by Gasteiger charge is -2.10. The van der Waals surface area contributed by atoms with E-state index in [2.05, 4.69) is 10.3 Å². The van der Waals surface area contributed by atoms with Gasteiger partial charge in [0.2, 0.25) is 0 Å². The summed E-state index contributed by atoms with van der Waals surface area (Å²) >= 11 is 0. The molecule has 1 amide bonds. The summed E-state index contributed by atoms with van der Waals surface area (Å²) in [7, 11) is 1.53. The highest BCUT2D eigenvalue weighted by molar-refractivity contribution is 5.97. The van der Waals surface area contributed by atoms with E-state index in [4.69, 9.17) is 9.47 Å². The normalized spacial score (nSPS) is 10.6. The van der Waals surface area contributed by atoms with E-state index in [-0.39, 0.29) is 11.1 Å². The molecule has 0 spiro atoms. The Morgan fingerprint density at radius 2 is 1.97 bits per heavy atom. The molecular weight excluding hydrogens is 374 g/mol. The van der Waals surface area contributed by atoms with E-state index in [1.54, 1.807) is 54.0 Å². The molecule has 0 saturated carbocycles. The Labute approximate surface area is 167 Å². The van der Waals surface area contributed by atoms with Crippen LogP contribution < -0.4 is 15.6 Å². The fourth-order valence-electron chi connectivity index (χ4n) is 2.93. The molecule has 1 N–H and O–H groups in total. The summed E-state index contributed by atoms with van der Waals surface area (Å²) in [6.45, 7) is 3.55. The summed E-state index contributed by atoms with van der Waals surface area (Å²) in [5.41, 5.74) is 2.12. The van der Waals surface area contributed by atoms with Crippen LogP contribution in [-0.2, 0) is 16.1 Å². The van der Waals surface area contributed by atoms with Crippen LogP contribution in [0.1, 0.15) is 23.0 Å². The topological polar surface area (TPSA) is 99.5 Å². The zero-order valence-electron chi connectivity index (χ0n) is 16.4. The lowest BCUT2D eigenvalue weighted by atomic mass is 10.2. The number of ether oxygens (including phenoxy) is 2. The van der Waals surface area contributed by atoms with Crippen LogP contribution >= 0.6 is 0 Å². The third-order valence-corrected chi connectivity index (χ3v) is 4.35. The number of esters is 1. The molecular formula is C21H21N3O5. The van der Waals surface area contributed by atoms with E-state index in [1.807, 2.05) is 6.92 Å². The molecule has 8 heteroatoms. The van der Waals surface area contributed by atoms with Gasteiger partial charge in [0.25, 0.3) is 11.5 Å². The van der Waals surface area contributed by atoms with E-state index in [1.165, 1.54) is 7.11 Å².